The molecule has 312 valence electrons. The minimum Gasteiger partial charge on any atom is -0.323 e. The second kappa shape index (κ2) is 15.2. The predicted molar refractivity (Wildman–Crippen MR) is 243 cm³/mol. The van der Waals surface area contributed by atoms with Crippen molar-refractivity contribution in [2.24, 2.45) is 20.8 Å². The van der Waals surface area contributed by atoms with Gasteiger partial charge >= 0.3 is 0 Å². The fourth-order valence-electron chi connectivity index (χ4n) is 11.1. The third-order valence-electron chi connectivity index (χ3n) is 13.1. The lowest BCUT2D eigenvalue weighted by atomic mass is 9.82. The number of nitrogens with zero attached hydrogens (tertiary/aromatic N) is 5. The Balaban J connectivity index is 1.86. The van der Waals surface area contributed by atoms with Gasteiger partial charge < -0.3 is 9.80 Å². The molecule has 56 heavy (non-hydrogen) atoms. The Hall–Kier alpha value is -2.70. The number of benzene rings is 2. The molecule has 0 aromatic heterocycles. The molecule has 6 heteroatoms. The Labute approximate surface area is 343 Å². The lowest BCUT2D eigenvalue weighted by molar-refractivity contribution is -0.301. The third kappa shape index (κ3) is 8.27. The molecule has 0 amide bonds. The molecule has 2 aromatic rings. The van der Waals surface area contributed by atoms with Crippen molar-refractivity contribution < 1.29 is 4.84 Å². The highest BCUT2D eigenvalue weighted by molar-refractivity contribution is 6.08. The molecule has 6 nitrogen and oxygen atoms in total. The van der Waals surface area contributed by atoms with E-state index in [4.69, 9.17) is 14.8 Å². The van der Waals surface area contributed by atoms with Crippen molar-refractivity contribution in [1.29, 1.82) is 0 Å². The Bertz CT molecular complexity index is 1620. The van der Waals surface area contributed by atoms with Crippen molar-refractivity contribution >= 4 is 23.0 Å². The molecule has 3 aliphatic rings. The van der Waals surface area contributed by atoms with Gasteiger partial charge in [0.25, 0.3) is 6.35 Å². The zero-order chi connectivity index (χ0) is 42.1. The van der Waals surface area contributed by atoms with Gasteiger partial charge in [0.2, 0.25) is 0 Å². The summed E-state index contributed by atoms with van der Waals surface area (Å²) < 4.78 is 0. The molecule has 5 rings (SSSR count). The number of amidine groups is 2. The van der Waals surface area contributed by atoms with Crippen LogP contribution in [-0.2, 0) is 4.84 Å². The summed E-state index contributed by atoms with van der Waals surface area (Å²) in [5, 5.41) is 2.28. The zero-order valence-electron chi connectivity index (χ0n) is 39.5. The molecule has 3 fully saturated rings. The highest BCUT2D eigenvalue weighted by Crippen LogP contribution is 2.52. The summed E-state index contributed by atoms with van der Waals surface area (Å²) in [5.41, 5.74) is 6.93. The van der Waals surface area contributed by atoms with Crippen molar-refractivity contribution in [1.82, 2.24) is 5.06 Å². The number of hydroxylamine groups is 2. The molecule has 0 bridgehead atoms. The summed E-state index contributed by atoms with van der Waals surface area (Å²) >= 11 is 0. The van der Waals surface area contributed by atoms with Crippen LogP contribution in [0.15, 0.2) is 46.4 Å². The summed E-state index contributed by atoms with van der Waals surface area (Å²) in [6.07, 6.45) is 4.44. The molecular weight excluding hydrogens is 687 g/mol. The van der Waals surface area contributed by atoms with Crippen LogP contribution >= 0.6 is 0 Å². The second-order valence-corrected chi connectivity index (χ2v) is 22.7. The quantitative estimate of drug-likeness (QED) is 0.241. The first-order valence-electron chi connectivity index (χ1n) is 22.1. The largest absolute Gasteiger partial charge is 0.323 e. The van der Waals surface area contributed by atoms with E-state index in [0.29, 0.717) is 23.7 Å². The molecule has 3 aliphatic heterocycles. The number of aliphatic imine (C=N–C) groups is 2. The number of para-hydroxylation sites is 2. The predicted octanol–water partition coefficient (Wildman–Crippen LogP) is 14.0. The molecule has 0 N–H and O–H groups in total. The van der Waals surface area contributed by atoms with Crippen LogP contribution in [0.3, 0.4) is 0 Å². The Kier molecular flexibility index (Phi) is 12.0. The first-order valence-corrected chi connectivity index (χ1v) is 22.1. The average Bonchev–Trinajstić information content (AvgIpc) is 3.34. The summed E-state index contributed by atoms with van der Waals surface area (Å²) in [6, 6.07) is 13.8. The topological polar surface area (TPSA) is 43.7 Å². The van der Waals surface area contributed by atoms with Crippen LogP contribution in [0.25, 0.3) is 0 Å². The van der Waals surface area contributed by atoms with Gasteiger partial charge in [0.05, 0.1) is 0 Å². The van der Waals surface area contributed by atoms with Crippen molar-refractivity contribution in [3.05, 3.63) is 58.7 Å². The van der Waals surface area contributed by atoms with Crippen LogP contribution in [0.4, 0.5) is 11.4 Å². The van der Waals surface area contributed by atoms with E-state index < -0.39 is 6.35 Å². The minimum atomic E-state index is -0.787. The number of rotatable bonds is 10. The van der Waals surface area contributed by atoms with Crippen LogP contribution in [0, 0.1) is 10.8 Å². The van der Waals surface area contributed by atoms with Crippen LogP contribution in [-0.4, -0.2) is 45.2 Å². The standard InChI is InChI=1S/C50H81N5O/c1-32(2)36-24-21-25-37(33(3)4)40(36)53-42(45(9,10)30-49(53,17)18)51-44(56-55-47(13,14)28-23-29-48(55,15)16)52-43-46(11,12)31-50(19,20)54(43)41-38(34(5)6)26-22-27-39(41)35(7)8/h21-22,24-27,32-35,44H,23,28-31H2,1-20H3/b51-42+,52-43+. The van der Waals surface area contributed by atoms with Crippen molar-refractivity contribution in [3.8, 4) is 0 Å². The highest BCUT2D eigenvalue weighted by Gasteiger charge is 2.53. The SMILES string of the molecule is CC(C)c1cccc(C(C)C)c1N1/C(=N/C(/N=C2/N(c3c(C(C)C)cccc3C(C)C)C(C)(C)CC2(C)C)ON2C(C)(C)CCCC2(C)C)C(C)(C)CC1(C)C. The minimum absolute atomic E-state index is 0.179. The third-order valence-corrected chi connectivity index (χ3v) is 13.1. The highest BCUT2D eigenvalue weighted by atomic mass is 16.7. The smallest absolute Gasteiger partial charge is 0.266 e. The van der Waals surface area contributed by atoms with Gasteiger partial charge in [-0.2, -0.15) is 5.06 Å². The molecule has 0 atom stereocenters. The van der Waals surface area contributed by atoms with Crippen molar-refractivity contribution in [3.63, 3.8) is 0 Å². The molecular formula is C50H81N5O. The van der Waals surface area contributed by atoms with Gasteiger partial charge in [-0.05, 0) is 133 Å². The van der Waals surface area contributed by atoms with Crippen molar-refractivity contribution in [2.75, 3.05) is 9.80 Å². The van der Waals surface area contributed by atoms with Crippen LogP contribution in [0.1, 0.15) is 217 Å². The fraction of sp³-hybridized carbons (Fsp3) is 0.720. The van der Waals surface area contributed by atoms with Gasteiger partial charge in [0.1, 0.15) is 11.7 Å². The normalized spacial score (nSPS) is 24.3. The fourth-order valence-corrected chi connectivity index (χ4v) is 11.1. The van der Waals surface area contributed by atoms with E-state index in [1.165, 1.54) is 40.0 Å². The first kappa shape index (κ1) is 44.4. The van der Waals surface area contributed by atoms with Crippen molar-refractivity contribution in [2.45, 2.75) is 223 Å². The first-order chi connectivity index (χ1) is 25.6. The molecule has 2 aromatic carbocycles. The summed E-state index contributed by atoms with van der Waals surface area (Å²) in [7, 11) is 0. The van der Waals surface area contributed by atoms with E-state index in [0.717, 1.165) is 37.4 Å². The molecule has 3 heterocycles. The maximum absolute atomic E-state index is 7.45. The Morgan fingerprint density at radius 3 is 1.07 bits per heavy atom. The van der Waals surface area contributed by atoms with E-state index in [1.54, 1.807) is 0 Å². The number of hydrogen-bond acceptors (Lipinski definition) is 4. The molecule has 3 saturated heterocycles. The monoisotopic (exact) mass is 768 g/mol. The number of hydrogen-bond donors (Lipinski definition) is 0. The van der Waals surface area contributed by atoms with E-state index >= 15 is 0 Å². The maximum atomic E-state index is 7.45. The van der Waals surface area contributed by atoms with Gasteiger partial charge in [-0.25, -0.2) is 14.8 Å². The lowest BCUT2D eigenvalue weighted by Crippen LogP contribution is -2.59. The van der Waals surface area contributed by atoms with Gasteiger partial charge in [-0.1, -0.05) is 119 Å². The van der Waals surface area contributed by atoms with Crippen LogP contribution < -0.4 is 9.80 Å². The second-order valence-electron chi connectivity index (χ2n) is 22.7. The van der Waals surface area contributed by atoms with Crippen LogP contribution in [0.2, 0.25) is 0 Å². The van der Waals surface area contributed by atoms with Gasteiger partial charge in [0, 0.05) is 44.4 Å². The molecule has 0 spiro atoms. The number of piperidine rings is 1. The van der Waals surface area contributed by atoms with Gasteiger partial charge in [-0.3, -0.25) is 0 Å². The van der Waals surface area contributed by atoms with Crippen LogP contribution in [0.5, 0.6) is 0 Å². The molecule has 0 radical (unpaired) electrons. The Morgan fingerprint density at radius 1 is 0.482 bits per heavy atom. The lowest BCUT2D eigenvalue weighted by Gasteiger charge is -2.51. The maximum Gasteiger partial charge on any atom is 0.266 e. The van der Waals surface area contributed by atoms with E-state index in [1.807, 2.05) is 0 Å². The summed E-state index contributed by atoms with van der Waals surface area (Å²) in [5.74, 6) is 3.56. The summed E-state index contributed by atoms with van der Waals surface area (Å²) in [4.78, 5) is 24.4. The zero-order valence-corrected chi connectivity index (χ0v) is 39.5. The average molecular weight is 768 g/mol. The van der Waals surface area contributed by atoms with Gasteiger partial charge in [0.15, 0.2) is 0 Å². The molecule has 0 aliphatic carbocycles. The molecule has 0 saturated carbocycles. The van der Waals surface area contributed by atoms with Gasteiger partial charge in [-0.15, -0.1) is 0 Å². The number of anilines is 2. The van der Waals surface area contributed by atoms with E-state index in [-0.39, 0.29) is 33.0 Å². The van der Waals surface area contributed by atoms with E-state index in [9.17, 15) is 0 Å². The summed E-state index contributed by atoms with van der Waals surface area (Å²) in [6.45, 7) is 47.0. The Morgan fingerprint density at radius 2 is 0.786 bits per heavy atom. The molecule has 0 unspecified atom stereocenters. The van der Waals surface area contributed by atoms with E-state index in [2.05, 4.69) is 190 Å².